The Balaban J connectivity index is 1.89. The molecular formula is C13H18N2O. The van der Waals surface area contributed by atoms with Crippen LogP contribution >= 0.6 is 0 Å². The monoisotopic (exact) mass is 218 g/mol. The average Bonchev–Trinajstić information content (AvgIpc) is 2.74. The number of amides is 1. The van der Waals surface area contributed by atoms with Gasteiger partial charge in [0, 0.05) is 11.7 Å². The zero-order valence-electron chi connectivity index (χ0n) is 9.41. The lowest BCUT2D eigenvalue weighted by atomic mass is 10.1. The molecule has 0 aliphatic heterocycles. The Bertz CT molecular complexity index is 370. The van der Waals surface area contributed by atoms with Gasteiger partial charge in [0.05, 0.1) is 6.42 Å². The standard InChI is InChI=1S/C13H18N2O/c14-12-8-4-1-5-10(12)9-13(16)15-11-6-2-3-7-11/h1,4-5,8,11H,2-3,6-7,9,14H2,(H,15,16). The van der Waals surface area contributed by atoms with Crippen molar-refractivity contribution in [1.29, 1.82) is 0 Å². The molecule has 0 atom stereocenters. The lowest BCUT2D eigenvalue weighted by Gasteiger charge is -2.12. The van der Waals surface area contributed by atoms with E-state index in [1.165, 1.54) is 12.8 Å². The molecule has 0 spiro atoms. The maximum absolute atomic E-state index is 11.8. The third kappa shape index (κ3) is 2.75. The Kier molecular flexibility index (Phi) is 3.44. The fourth-order valence-electron chi connectivity index (χ4n) is 2.22. The first-order valence-electron chi connectivity index (χ1n) is 5.88. The van der Waals surface area contributed by atoms with E-state index in [9.17, 15) is 4.79 Å². The third-order valence-corrected chi connectivity index (χ3v) is 3.13. The van der Waals surface area contributed by atoms with Gasteiger partial charge in [0.25, 0.3) is 0 Å². The van der Waals surface area contributed by atoms with E-state index < -0.39 is 0 Å². The van der Waals surface area contributed by atoms with Crippen molar-refractivity contribution in [2.24, 2.45) is 0 Å². The van der Waals surface area contributed by atoms with Crippen molar-refractivity contribution in [3.05, 3.63) is 29.8 Å². The van der Waals surface area contributed by atoms with Gasteiger partial charge < -0.3 is 11.1 Å². The van der Waals surface area contributed by atoms with Gasteiger partial charge in [-0.1, -0.05) is 31.0 Å². The molecule has 2 rings (SSSR count). The highest BCUT2D eigenvalue weighted by atomic mass is 16.1. The lowest BCUT2D eigenvalue weighted by molar-refractivity contribution is -0.121. The molecule has 1 aliphatic rings. The van der Waals surface area contributed by atoms with Crippen molar-refractivity contribution in [2.75, 3.05) is 5.73 Å². The average molecular weight is 218 g/mol. The summed E-state index contributed by atoms with van der Waals surface area (Å²) >= 11 is 0. The van der Waals surface area contributed by atoms with Crippen LogP contribution in [0.3, 0.4) is 0 Å². The SMILES string of the molecule is Nc1ccccc1CC(=O)NC1CCCC1. The van der Waals surface area contributed by atoms with Gasteiger partial charge in [-0.05, 0) is 24.5 Å². The van der Waals surface area contributed by atoms with Gasteiger partial charge in [0.1, 0.15) is 0 Å². The molecular weight excluding hydrogens is 200 g/mol. The van der Waals surface area contributed by atoms with Crippen molar-refractivity contribution < 1.29 is 4.79 Å². The van der Waals surface area contributed by atoms with Crippen LogP contribution in [0.15, 0.2) is 24.3 Å². The van der Waals surface area contributed by atoms with Crippen molar-refractivity contribution in [2.45, 2.75) is 38.1 Å². The van der Waals surface area contributed by atoms with E-state index in [4.69, 9.17) is 5.73 Å². The molecule has 3 nitrogen and oxygen atoms in total. The number of anilines is 1. The molecule has 0 radical (unpaired) electrons. The van der Waals surface area contributed by atoms with Crippen molar-refractivity contribution in [3.63, 3.8) is 0 Å². The summed E-state index contributed by atoms with van der Waals surface area (Å²) < 4.78 is 0. The van der Waals surface area contributed by atoms with Gasteiger partial charge in [-0.2, -0.15) is 0 Å². The number of hydrogen-bond acceptors (Lipinski definition) is 2. The normalized spacial score (nSPS) is 16.2. The number of carbonyl (C=O) groups is 1. The molecule has 1 saturated carbocycles. The van der Waals surface area contributed by atoms with E-state index in [1.54, 1.807) is 0 Å². The summed E-state index contributed by atoms with van der Waals surface area (Å²) in [4.78, 5) is 11.8. The summed E-state index contributed by atoms with van der Waals surface area (Å²) in [6.45, 7) is 0. The maximum atomic E-state index is 11.8. The summed E-state index contributed by atoms with van der Waals surface area (Å²) in [5, 5.41) is 3.06. The molecule has 1 aliphatic carbocycles. The Hall–Kier alpha value is -1.51. The number of nitrogens with two attached hydrogens (primary N) is 1. The van der Waals surface area contributed by atoms with Crippen LogP contribution in [0.25, 0.3) is 0 Å². The van der Waals surface area contributed by atoms with Gasteiger partial charge >= 0.3 is 0 Å². The number of rotatable bonds is 3. The second-order valence-corrected chi connectivity index (χ2v) is 4.42. The van der Waals surface area contributed by atoms with Gasteiger partial charge in [-0.25, -0.2) is 0 Å². The number of para-hydroxylation sites is 1. The highest BCUT2D eigenvalue weighted by Crippen LogP contribution is 2.18. The number of hydrogen-bond donors (Lipinski definition) is 2. The Morgan fingerprint density at radius 3 is 2.69 bits per heavy atom. The van der Waals surface area contributed by atoms with Crippen LogP contribution < -0.4 is 11.1 Å². The lowest BCUT2D eigenvalue weighted by Crippen LogP contribution is -2.33. The van der Waals surface area contributed by atoms with E-state index in [-0.39, 0.29) is 5.91 Å². The maximum Gasteiger partial charge on any atom is 0.224 e. The van der Waals surface area contributed by atoms with Gasteiger partial charge in [-0.3, -0.25) is 4.79 Å². The van der Waals surface area contributed by atoms with Crippen LogP contribution in [0, 0.1) is 0 Å². The molecule has 0 aromatic heterocycles. The van der Waals surface area contributed by atoms with Gasteiger partial charge in [0.2, 0.25) is 5.91 Å². The van der Waals surface area contributed by atoms with Crippen LogP contribution in [-0.4, -0.2) is 11.9 Å². The first-order valence-corrected chi connectivity index (χ1v) is 5.88. The molecule has 3 N–H and O–H groups in total. The first kappa shape index (κ1) is 11.0. The van der Waals surface area contributed by atoms with E-state index in [0.717, 1.165) is 18.4 Å². The number of carbonyl (C=O) groups excluding carboxylic acids is 1. The van der Waals surface area contributed by atoms with Gasteiger partial charge in [-0.15, -0.1) is 0 Å². The van der Waals surface area contributed by atoms with E-state index >= 15 is 0 Å². The largest absolute Gasteiger partial charge is 0.398 e. The summed E-state index contributed by atoms with van der Waals surface area (Å²) in [5.41, 5.74) is 7.41. The molecule has 0 unspecified atom stereocenters. The molecule has 0 bridgehead atoms. The summed E-state index contributed by atoms with van der Waals surface area (Å²) in [6, 6.07) is 7.92. The number of nitrogen functional groups attached to an aromatic ring is 1. The minimum Gasteiger partial charge on any atom is -0.398 e. The summed E-state index contributed by atoms with van der Waals surface area (Å²) in [5.74, 6) is 0.0878. The first-order chi connectivity index (χ1) is 7.75. The van der Waals surface area contributed by atoms with Crippen molar-refractivity contribution in [1.82, 2.24) is 5.32 Å². The second-order valence-electron chi connectivity index (χ2n) is 4.42. The fourth-order valence-corrected chi connectivity index (χ4v) is 2.22. The summed E-state index contributed by atoms with van der Waals surface area (Å²) in [6.07, 6.45) is 5.10. The Labute approximate surface area is 96.0 Å². The zero-order chi connectivity index (χ0) is 11.4. The van der Waals surface area contributed by atoms with Crippen LogP contribution in [0.1, 0.15) is 31.2 Å². The quantitative estimate of drug-likeness (QED) is 0.761. The molecule has 0 heterocycles. The minimum absolute atomic E-state index is 0.0878. The molecule has 1 aromatic rings. The predicted octanol–water partition coefficient (Wildman–Crippen LogP) is 1.87. The highest BCUT2D eigenvalue weighted by molar-refractivity contribution is 5.80. The third-order valence-electron chi connectivity index (χ3n) is 3.13. The van der Waals surface area contributed by atoms with E-state index in [0.29, 0.717) is 18.2 Å². The molecule has 1 fully saturated rings. The van der Waals surface area contributed by atoms with Crippen LogP contribution in [0.2, 0.25) is 0 Å². The predicted molar refractivity (Wildman–Crippen MR) is 65.0 cm³/mol. The highest BCUT2D eigenvalue weighted by Gasteiger charge is 2.17. The molecule has 0 saturated heterocycles. The zero-order valence-corrected chi connectivity index (χ0v) is 9.41. The van der Waals surface area contributed by atoms with E-state index in [2.05, 4.69) is 5.32 Å². The van der Waals surface area contributed by atoms with E-state index in [1.807, 2.05) is 24.3 Å². The van der Waals surface area contributed by atoms with Crippen molar-refractivity contribution >= 4 is 11.6 Å². The Morgan fingerprint density at radius 2 is 2.00 bits per heavy atom. The fraction of sp³-hybridized carbons (Fsp3) is 0.462. The van der Waals surface area contributed by atoms with Crippen LogP contribution in [-0.2, 0) is 11.2 Å². The molecule has 1 aromatic carbocycles. The van der Waals surface area contributed by atoms with Gasteiger partial charge in [0.15, 0.2) is 0 Å². The number of benzene rings is 1. The van der Waals surface area contributed by atoms with Crippen molar-refractivity contribution in [3.8, 4) is 0 Å². The Morgan fingerprint density at radius 1 is 1.31 bits per heavy atom. The molecule has 86 valence electrons. The van der Waals surface area contributed by atoms with Crippen LogP contribution in [0.4, 0.5) is 5.69 Å². The minimum atomic E-state index is 0.0878. The molecule has 16 heavy (non-hydrogen) atoms. The number of nitrogens with one attached hydrogen (secondary N) is 1. The topological polar surface area (TPSA) is 55.1 Å². The summed E-state index contributed by atoms with van der Waals surface area (Å²) in [7, 11) is 0. The smallest absolute Gasteiger partial charge is 0.224 e. The van der Waals surface area contributed by atoms with Crippen LogP contribution in [0.5, 0.6) is 0 Å². The molecule has 3 heteroatoms. The second kappa shape index (κ2) is 5.01. The molecule has 1 amide bonds.